The maximum atomic E-state index is 12.2. The van der Waals surface area contributed by atoms with Crippen molar-refractivity contribution in [2.45, 2.75) is 26.2 Å². The van der Waals surface area contributed by atoms with Gasteiger partial charge >= 0.3 is 0 Å². The highest BCUT2D eigenvalue weighted by Gasteiger charge is 2.18. The van der Waals surface area contributed by atoms with E-state index in [-0.39, 0.29) is 11.3 Å². The number of anilines is 2. The fraction of sp³-hybridized carbons (Fsp3) is 0.357. The van der Waals surface area contributed by atoms with E-state index in [9.17, 15) is 4.79 Å². The molecule has 2 N–H and O–H groups in total. The van der Waals surface area contributed by atoms with Gasteiger partial charge in [0.05, 0.1) is 16.3 Å². The van der Waals surface area contributed by atoms with Crippen molar-refractivity contribution in [2.75, 3.05) is 17.7 Å². The van der Waals surface area contributed by atoms with Gasteiger partial charge in [0.1, 0.15) is 5.82 Å². The zero-order chi connectivity index (χ0) is 15.6. The molecule has 2 aromatic heterocycles. The van der Waals surface area contributed by atoms with Gasteiger partial charge in [-0.3, -0.25) is 10.1 Å². The highest BCUT2D eigenvalue weighted by Crippen LogP contribution is 2.27. The van der Waals surface area contributed by atoms with Gasteiger partial charge in [-0.15, -0.1) is 11.3 Å². The Morgan fingerprint density at radius 1 is 1.38 bits per heavy atom. The van der Waals surface area contributed by atoms with Crippen molar-refractivity contribution in [3.8, 4) is 0 Å². The van der Waals surface area contributed by atoms with Gasteiger partial charge < -0.3 is 5.32 Å². The number of amides is 1. The van der Waals surface area contributed by atoms with Crippen LogP contribution in [0.25, 0.3) is 0 Å². The summed E-state index contributed by atoms with van der Waals surface area (Å²) in [6, 6.07) is 1.58. The maximum Gasteiger partial charge on any atom is 0.259 e. The Morgan fingerprint density at radius 3 is 2.62 bits per heavy atom. The van der Waals surface area contributed by atoms with Crippen molar-refractivity contribution >= 4 is 39.8 Å². The van der Waals surface area contributed by atoms with Crippen LogP contribution in [-0.2, 0) is 5.41 Å². The van der Waals surface area contributed by atoms with E-state index in [1.165, 1.54) is 17.5 Å². The molecule has 0 aliphatic rings. The van der Waals surface area contributed by atoms with Gasteiger partial charge in [-0.05, 0) is 6.07 Å². The predicted molar refractivity (Wildman–Crippen MR) is 87.6 cm³/mol. The molecule has 0 radical (unpaired) electrons. The lowest BCUT2D eigenvalue weighted by molar-refractivity contribution is 0.102. The SMILES string of the molecule is CNc1ncc(C(=O)Nc2nc(C(C)(C)C)cs2)cc1Cl. The van der Waals surface area contributed by atoms with Gasteiger partial charge in [0.15, 0.2) is 5.13 Å². The number of nitrogens with zero attached hydrogens (tertiary/aromatic N) is 2. The van der Waals surface area contributed by atoms with Crippen LogP contribution in [0.2, 0.25) is 5.02 Å². The van der Waals surface area contributed by atoms with E-state index in [4.69, 9.17) is 11.6 Å². The minimum Gasteiger partial charge on any atom is -0.372 e. The summed E-state index contributed by atoms with van der Waals surface area (Å²) >= 11 is 7.42. The molecular formula is C14H17ClN4OS. The van der Waals surface area contributed by atoms with Crippen LogP contribution in [0.5, 0.6) is 0 Å². The van der Waals surface area contributed by atoms with Crippen LogP contribution in [0.3, 0.4) is 0 Å². The summed E-state index contributed by atoms with van der Waals surface area (Å²) in [5.74, 6) is 0.263. The first-order chi connectivity index (χ1) is 9.81. The van der Waals surface area contributed by atoms with E-state index in [0.29, 0.717) is 21.5 Å². The van der Waals surface area contributed by atoms with E-state index >= 15 is 0 Å². The fourth-order valence-corrected chi connectivity index (χ4v) is 2.78. The molecule has 1 amide bonds. The number of rotatable bonds is 3. The van der Waals surface area contributed by atoms with Crippen molar-refractivity contribution in [3.05, 3.63) is 33.9 Å². The van der Waals surface area contributed by atoms with E-state index in [2.05, 4.69) is 41.4 Å². The largest absolute Gasteiger partial charge is 0.372 e. The molecule has 0 saturated carbocycles. The second-order valence-electron chi connectivity index (χ2n) is 5.55. The lowest BCUT2D eigenvalue weighted by atomic mass is 9.93. The first-order valence-electron chi connectivity index (χ1n) is 6.42. The number of hydrogen-bond donors (Lipinski definition) is 2. The van der Waals surface area contributed by atoms with Crippen molar-refractivity contribution in [2.24, 2.45) is 0 Å². The molecule has 0 fully saturated rings. The smallest absolute Gasteiger partial charge is 0.259 e. The number of thiazole rings is 1. The molecule has 2 rings (SSSR count). The van der Waals surface area contributed by atoms with Crippen LogP contribution >= 0.6 is 22.9 Å². The van der Waals surface area contributed by atoms with Crippen molar-refractivity contribution in [3.63, 3.8) is 0 Å². The summed E-state index contributed by atoms with van der Waals surface area (Å²) in [5, 5.41) is 8.53. The molecule has 0 aromatic carbocycles. The average Bonchev–Trinajstić information content (AvgIpc) is 2.87. The van der Waals surface area contributed by atoms with Crippen molar-refractivity contribution in [1.82, 2.24) is 9.97 Å². The summed E-state index contributed by atoms with van der Waals surface area (Å²) in [6.45, 7) is 6.23. The molecule has 0 bridgehead atoms. The first kappa shape index (κ1) is 15.7. The molecule has 7 heteroatoms. The third kappa shape index (κ3) is 3.71. The molecule has 2 aromatic rings. The second-order valence-corrected chi connectivity index (χ2v) is 6.81. The summed E-state index contributed by atoms with van der Waals surface area (Å²) in [7, 11) is 1.72. The summed E-state index contributed by atoms with van der Waals surface area (Å²) < 4.78 is 0. The Morgan fingerprint density at radius 2 is 2.10 bits per heavy atom. The van der Waals surface area contributed by atoms with Crippen molar-refractivity contribution < 1.29 is 4.79 Å². The normalized spacial score (nSPS) is 11.3. The van der Waals surface area contributed by atoms with Crippen LogP contribution < -0.4 is 10.6 Å². The lowest BCUT2D eigenvalue weighted by Crippen LogP contribution is -2.14. The molecule has 0 atom stereocenters. The summed E-state index contributed by atoms with van der Waals surface area (Å²) in [5.41, 5.74) is 1.30. The molecule has 21 heavy (non-hydrogen) atoms. The zero-order valence-electron chi connectivity index (χ0n) is 12.3. The second kappa shape index (κ2) is 5.99. The van der Waals surface area contributed by atoms with Crippen LogP contribution in [0.15, 0.2) is 17.6 Å². The third-order valence-electron chi connectivity index (χ3n) is 2.83. The van der Waals surface area contributed by atoms with Crippen LogP contribution in [-0.4, -0.2) is 22.9 Å². The summed E-state index contributed by atoms with van der Waals surface area (Å²) in [4.78, 5) is 20.7. The average molecular weight is 325 g/mol. The number of carbonyl (C=O) groups is 1. The predicted octanol–water partition coefficient (Wildman–Crippen LogP) is 3.78. The van der Waals surface area contributed by atoms with Crippen LogP contribution in [0.1, 0.15) is 36.8 Å². The van der Waals surface area contributed by atoms with E-state index in [0.717, 1.165) is 5.69 Å². The molecule has 0 spiro atoms. The highest BCUT2D eigenvalue weighted by molar-refractivity contribution is 7.14. The number of pyridine rings is 1. The fourth-order valence-electron chi connectivity index (χ4n) is 1.59. The monoisotopic (exact) mass is 324 g/mol. The maximum absolute atomic E-state index is 12.2. The minimum absolute atomic E-state index is 0.0429. The molecule has 5 nitrogen and oxygen atoms in total. The van der Waals surface area contributed by atoms with Gasteiger partial charge in [0.25, 0.3) is 5.91 Å². The standard InChI is InChI=1S/C14H17ClN4OS/c1-14(2,3)10-7-21-13(18-10)19-12(20)8-5-9(15)11(16-4)17-6-8/h5-7H,1-4H3,(H,16,17)(H,18,19,20). The van der Waals surface area contributed by atoms with Gasteiger partial charge in [-0.1, -0.05) is 32.4 Å². The Kier molecular flexibility index (Phi) is 4.49. The quantitative estimate of drug-likeness (QED) is 0.901. The Bertz CT molecular complexity index is 663. The summed E-state index contributed by atoms with van der Waals surface area (Å²) in [6.07, 6.45) is 1.48. The first-order valence-corrected chi connectivity index (χ1v) is 7.67. The number of carbonyl (C=O) groups excluding carboxylic acids is 1. The van der Waals surface area contributed by atoms with Gasteiger partial charge in [-0.25, -0.2) is 9.97 Å². The highest BCUT2D eigenvalue weighted by atomic mass is 35.5. The number of nitrogens with one attached hydrogen (secondary N) is 2. The minimum atomic E-state index is -0.276. The van der Waals surface area contributed by atoms with Gasteiger partial charge in [-0.2, -0.15) is 0 Å². The third-order valence-corrected chi connectivity index (χ3v) is 3.88. The number of aromatic nitrogens is 2. The zero-order valence-corrected chi connectivity index (χ0v) is 13.9. The van der Waals surface area contributed by atoms with E-state index < -0.39 is 0 Å². The topological polar surface area (TPSA) is 66.9 Å². The number of hydrogen-bond acceptors (Lipinski definition) is 5. The van der Waals surface area contributed by atoms with Gasteiger partial charge in [0, 0.05) is 24.0 Å². The van der Waals surface area contributed by atoms with Crippen LogP contribution in [0, 0.1) is 0 Å². The molecule has 0 saturated heterocycles. The Labute approximate surface area is 132 Å². The van der Waals surface area contributed by atoms with Crippen molar-refractivity contribution in [1.29, 1.82) is 0 Å². The van der Waals surface area contributed by atoms with Gasteiger partial charge in [0.2, 0.25) is 0 Å². The molecular weight excluding hydrogens is 308 g/mol. The van der Waals surface area contributed by atoms with E-state index in [1.807, 2.05) is 5.38 Å². The molecule has 0 unspecified atom stereocenters. The molecule has 2 heterocycles. The van der Waals surface area contributed by atoms with E-state index in [1.54, 1.807) is 13.1 Å². The Balaban J connectivity index is 2.14. The Hall–Kier alpha value is -1.66. The van der Waals surface area contributed by atoms with Crippen LogP contribution in [0.4, 0.5) is 10.9 Å². The molecule has 112 valence electrons. The molecule has 0 aliphatic carbocycles. The molecule has 0 aliphatic heterocycles. The number of halogens is 1. The lowest BCUT2D eigenvalue weighted by Gasteiger charge is -2.14.